The van der Waals surface area contributed by atoms with E-state index in [9.17, 15) is 13.3 Å². The van der Waals surface area contributed by atoms with Gasteiger partial charge < -0.3 is 4.52 Å². The molecule has 0 aromatic heterocycles. The van der Waals surface area contributed by atoms with Gasteiger partial charge in [0.2, 0.25) is 0 Å². The van der Waals surface area contributed by atoms with E-state index in [1.165, 1.54) is 36.4 Å². The molecule has 2 nitrogen and oxygen atoms in total. The number of hydrogen-bond acceptors (Lipinski definition) is 2. The Morgan fingerprint density at radius 1 is 0.947 bits per heavy atom. The van der Waals surface area contributed by atoms with Crippen molar-refractivity contribution in [3.63, 3.8) is 0 Å². The molecule has 0 bridgehead atoms. The second-order valence-corrected chi connectivity index (χ2v) is 6.20. The average molecular weight is 282 g/mol. The number of hydrogen-bond donors (Lipinski definition) is 0. The van der Waals surface area contributed by atoms with E-state index in [2.05, 4.69) is 0 Å². The maximum atomic E-state index is 13.9. The van der Waals surface area contributed by atoms with E-state index in [1.54, 1.807) is 19.1 Å². The molecule has 2 rings (SSSR count). The van der Waals surface area contributed by atoms with Gasteiger partial charge in [-0.1, -0.05) is 24.3 Å². The Balaban J connectivity index is 2.66. The standard InChI is InChI=1S/C14H13F2O2P/c1-2-18-19(17,13-9-5-3-7-11(13)15)14-10-6-4-8-12(14)16/h3-10H,2H2,1H3. The fourth-order valence-electron chi connectivity index (χ4n) is 1.83. The van der Waals surface area contributed by atoms with Crippen molar-refractivity contribution in [2.24, 2.45) is 0 Å². The topological polar surface area (TPSA) is 26.3 Å². The van der Waals surface area contributed by atoms with E-state index >= 15 is 0 Å². The summed E-state index contributed by atoms with van der Waals surface area (Å²) in [6.45, 7) is 1.73. The van der Waals surface area contributed by atoms with E-state index in [0.29, 0.717) is 0 Å². The van der Waals surface area contributed by atoms with Crippen LogP contribution in [0, 0.1) is 11.6 Å². The van der Waals surface area contributed by atoms with Crippen LogP contribution >= 0.6 is 7.37 Å². The van der Waals surface area contributed by atoms with E-state index in [1.807, 2.05) is 0 Å². The summed E-state index contributed by atoms with van der Waals surface area (Å²) in [5, 5.41) is -0.219. The second kappa shape index (κ2) is 5.64. The molecule has 0 aliphatic carbocycles. The van der Waals surface area contributed by atoms with E-state index in [0.717, 1.165) is 0 Å². The zero-order chi connectivity index (χ0) is 13.9. The molecular formula is C14H13F2O2P. The minimum Gasteiger partial charge on any atom is -0.322 e. The van der Waals surface area contributed by atoms with E-state index in [-0.39, 0.29) is 17.2 Å². The van der Waals surface area contributed by atoms with Gasteiger partial charge in [0.15, 0.2) is 0 Å². The van der Waals surface area contributed by atoms with Crippen molar-refractivity contribution >= 4 is 18.0 Å². The Bertz CT molecular complexity index is 579. The molecule has 0 saturated heterocycles. The maximum Gasteiger partial charge on any atom is 0.267 e. The van der Waals surface area contributed by atoms with Crippen molar-refractivity contribution < 1.29 is 17.9 Å². The van der Waals surface area contributed by atoms with Crippen LogP contribution in [0.25, 0.3) is 0 Å². The predicted octanol–water partition coefficient (Wildman–Crippen LogP) is 3.23. The lowest BCUT2D eigenvalue weighted by molar-refractivity contribution is 0.346. The summed E-state index contributed by atoms with van der Waals surface area (Å²) < 4.78 is 45.9. The summed E-state index contributed by atoms with van der Waals surface area (Å²) in [6, 6.07) is 11.1. The zero-order valence-electron chi connectivity index (χ0n) is 10.3. The van der Waals surface area contributed by atoms with E-state index in [4.69, 9.17) is 4.52 Å². The van der Waals surface area contributed by atoms with Crippen LogP contribution in [-0.4, -0.2) is 6.61 Å². The third-order valence-electron chi connectivity index (χ3n) is 2.65. The summed E-state index contributed by atoms with van der Waals surface area (Å²) in [6.07, 6.45) is 0. The van der Waals surface area contributed by atoms with Crippen LogP contribution in [-0.2, 0) is 9.09 Å². The molecule has 19 heavy (non-hydrogen) atoms. The first-order valence-electron chi connectivity index (χ1n) is 5.84. The third kappa shape index (κ3) is 2.60. The molecule has 0 saturated carbocycles. The first kappa shape index (κ1) is 13.9. The van der Waals surface area contributed by atoms with Crippen molar-refractivity contribution in [2.45, 2.75) is 6.92 Å². The molecule has 2 aromatic rings. The normalized spacial score (nSPS) is 11.5. The van der Waals surface area contributed by atoms with Crippen LogP contribution in [0.4, 0.5) is 8.78 Å². The highest BCUT2D eigenvalue weighted by molar-refractivity contribution is 7.74. The summed E-state index contributed by atoms with van der Waals surface area (Å²) in [7, 11) is -3.75. The summed E-state index contributed by atoms with van der Waals surface area (Å²) in [4.78, 5) is 0. The number of halogens is 2. The lowest BCUT2D eigenvalue weighted by Gasteiger charge is -2.19. The first-order valence-corrected chi connectivity index (χ1v) is 7.47. The fraction of sp³-hybridized carbons (Fsp3) is 0.143. The lowest BCUT2D eigenvalue weighted by Crippen LogP contribution is -2.23. The molecule has 0 unspecified atom stereocenters. The van der Waals surface area contributed by atoms with Crippen molar-refractivity contribution in [2.75, 3.05) is 6.61 Å². The van der Waals surface area contributed by atoms with Gasteiger partial charge in [0.05, 0.1) is 17.2 Å². The largest absolute Gasteiger partial charge is 0.322 e. The molecule has 2 aromatic carbocycles. The number of rotatable bonds is 4. The van der Waals surface area contributed by atoms with Crippen molar-refractivity contribution in [3.8, 4) is 0 Å². The van der Waals surface area contributed by atoms with Gasteiger partial charge in [0.25, 0.3) is 7.37 Å². The highest BCUT2D eigenvalue weighted by Crippen LogP contribution is 2.45. The fourth-order valence-corrected chi connectivity index (χ4v) is 4.01. The molecule has 0 radical (unpaired) electrons. The molecule has 0 heterocycles. The minimum atomic E-state index is -3.75. The molecule has 0 fully saturated rings. The van der Waals surface area contributed by atoms with E-state index < -0.39 is 19.0 Å². The quantitative estimate of drug-likeness (QED) is 0.805. The Labute approximate surface area is 110 Å². The predicted molar refractivity (Wildman–Crippen MR) is 71.3 cm³/mol. The molecule has 100 valence electrons. The van der Waals surface area contributed by atoms with Gasteiger partial charge in [0.1, 0.15) is 11.6 Å². The Morgan fingerprint density at radius 2 is 1.37 bits per heavy atom. The third-order valence-corrected chi connectivity index (χ3v) is 5.27. The Morgan fingerprint density at radius 3 is 1.74 bits per heavy atom. The van der Waals surface area contributed by atoms with Gasteiger partial charge in [-0.2, -0.15) is 0 Å². The molecule has 0 amide bonds. The van der Waals surface area contributed by atoms with Gasteiger partial charge >= 0.3 is 0 Å². The van der Waals surface area contributed by atoms with Crippen LogP contribution in [0.3, 0.4) is 0 Å². The zero-order valence-corrected chi connectivity index (χ0v) is 11.2. The van der Waals surface area contributed by atoms with Gasteiger partial charge in [-0.3, -0.25) is 4.57 Å². The highest BCUT2D eigenvalue weighted by Gasteiger charge is 2.33. The van der Waals surface area contributed by atoms with Crippen LogP contribution in [0.5, 0.6) is 0 Å². The van der Waals surface area contributed by atoms with Crippen LogP contribution in [0.15, 0.2) is 48.5 Å². The smallest absolute Gasteiger partial charge is 0.267 e. The van der Waals surface area contributed by atoms with Crippen LogP contribution in [0.1, 0.15) is 6.92 Å². The molecule has 0 atom stereocenters. The summed E-state index contributed by atoms with van der Waals surface area (Å²) >= 11 is 0. The van der Waals surface area contributed by atoms with Gasteiger partial charge in [-0.15, -0.1) is 0 Å². The molecular weight excluding hydrogens is 269 g/mol. The van der Waals surface area contributed by atoms with Crippen LogP contribution in [0.2, 0.25) is 0 Å². The van der Waals surface area contributed by atoms with Crippen molar-refractivity contribution in [3.05, 3.63) is 60.2 Å². The Hall–Kier alpha value is -1.51. The molecule has 0 N–H and O–H groups in total. The van der Waals surface area contributed by atoms with Crippen molar-refractivity contribution in [1.29, 1.82) is 0 Å². The SMILES string of the molecule is CCOP(=O)(c1ccccc1F)c1ccccc1F. The minimum absolute atomic E-state index is 0.0972. The second-order valence-electron chi connectivity index (χ2n) is 3.87. The first-order chi connectivity index (χ1) is 9.09. The van der Waals surface area contributed by atoms with Gasteiger partial charge in [0, 0.05) is 0 Å². The van der Waals surface area contributed by atoms with Crippen molar-refractivity contribution in [1.82, 2.24) is 0 Å². The highest BCUT2D eigenvalue weighted by atomic mass is 31.2. The summed E-state index contributed by atoms with van der Waals surface area (Å²) in [5.41, 5.74) is 0. The number of benzene rings is 2. The molecule has 0 aliphatic heterocycles. The van der Waals surface area contributed by atoms with Gasteiger partial charge in [-0.25, -0.2) is 8.78 Å². The Kier molecular flexibility index (Phi) is 4.13. The maximum absolute atomic E-state index is 13.9. The van der Waals surface area contributed by atoms with Crippen LogP contribution < -0.4 is 10.6 Å². The summed E-state index contributed by atoms with van der Waals surface area (Å²) in [5.74, 6) is -1.33. The molecule has 5 heteroatoms. The van der Waals surface area contributed by atoms with Gasteiger partial charge in [-0.05, 0) is 31.2 Å². The monoisotopic (exact) mass is 282 g/mol. The average Bonchev–Trinajstić information content (AvgIpc) is 2.39. The molecule has 0 spiro atoms. The lowest BCUT2D eigenvalue weighted by atomic mass is 10.3. The molecule has 0 aliphatic rings.